The van der Waals surface area contributed by atoms with E-state index in [1.807, 2.05) is 24.1 Å². The lowest BCUT2D eigenvalue weighted by Gasteiger charge is -2.08. The Hall–Kier alpha value is -1.26. The maximum atomic E-state index is 4.20. The van der Waals surface area contributed by atoms with Crippen LogP contribution in [0.4, 0.5) is 0 Å². The van der Waals surface area contributed by atoms with Crippen LogP contribution in [0.25, 0.3) is 0 Å². The number of hydrogen-bond acceptors (Lipinski definition) is 3. The molecule has 0 bridgehead atoms. The topological polar surface area (TPSA) is 29.9 Å². The highest BCUT2D eigenvalue weighted by Gasteiger charge is 2.19. The van der Waals surface area contributed by atoms with Gasteiger partial charge < -0.3 is 5.32 Å². The number of aryl methyl sites for hydroxylation is 2. The Morgan fingerprint density at radius 3 is 2.89 bits per heavy atom. The van der Waals surface area contributed by atoms with Gasteiger partial charge in [0, 0.05) is 30.7 Å². The molecule has 4 heteroatoms. The number of benzene rings is 1. The van der Waals surface area contributed by atoms with E-state index in [4.69, 9.17) is 0 Å². The van der Waals surface area contributed by atoms with Crippen LogP contribution in [0.2, 0.25) is 0 Å². The highest BCUT2D eigenvalue weighted by molar-refractivity contribution is 7.99. The SMILES string of the molecule is Cc1cc(CNC2CC2)ccc1Sc1cnn(C)c1. The normalized spacial score (nSPS) is 14.8. The first-order chi connectivity index (χ1) is 9.20. The molecule has 0 saturated heterocycles. The highest BCUT2D eigenvalue weighted by atomic mass is 32.2. The number of nitrogens with zero attached hydrogens (tertiary/aromatic N) is 2. The average Bonchev–Trinajstić information content (AvgIpc) is 3.13. The molecule has 0 spiro atoms. The van der Waals surface area contributed by atoms with Crippen molar-refractivity contribution in [2.45, 2.75) is 42.1 Å². The smallest absolute Gasteiger partial charge is 0.0629 e. The zero-order valence-corrected chi connectivity index (χ0v) is 12.2. The van der Waals surface area contributed by atoms with E-state index in [9.17, 15) is 0 Å². The van der Waals surface area contributed by atoms with Crippen molar-refractivity contribution < 1.29 is 0 Å². The van der Waals surface area contributed by atoms with Crippen molar-refractivity contribution in [3.63, 3.8) is 0 Å². The van der Waals surface area contributed by atoms with Gasteiger partial charge in [-0.25, -0.2) is 0 Å². The van der Waals surface area contributed by atoms with Crippen LogP contribution in [-0.2, 0) is 13.6 Å². The van der Waals surface area contributed by atoms with Crippen LogP contribution in [0.5, 0.6) is 0 Å². The minimum atomic E-state index is 0.768. The number of aromatic nitrogens is 2. The van der Waals surface area contributed by atoms with Crippen LogP contribution in [-0.4, -0.2) is 15.8 Å². The molecule has 1 aromatic heterocycles. The number of hydrogen-bond donors (Lipinski definition) is 1. The van der Waals surface area contributed by atoms with Gasteiger partial charge in [-0.3, -0.25) is 4.68 Å². The van der Waals surface area contributed by atoms with Crippen LogP contribution in [0.3, 0.4) is 0 Å². The van der Waals surface area contributed by atoms with Gasteiger partial charge in [0.25, 0.3) is 0 Å². The summed E-state index contributed by atoms with van der Waals surface area (Å²) in [6.07, 6.45) is 6.64. The zero-order chi connectivity index (χ0) is 13.2. The van der Waals surface area contributed by atoms with E-state index in [0.717, 1.165) is 12.6 Å². The molecule has 0 aliphatic heterocycles. The summed E-state index contributed by atoms with van der Waals surface area (Å²) in [7, 11) is 1.95. The van der Waals surface area contributed by atoms with Gasteiger partial charge in [-0.2, -0.15) is 5.10 Å². The van der Waals surface area contributed by atoms with E-state index < -0.39 is 0 Å². The Balaban J connectivity index is 1.67. The van der Waals surface area contributed by atoms with Crippen molar-refractivity contribution in [3.05, 3.63) is 41.7 Å². The second-order valence-corrected chi connectivity index (χ2v) is 6.32. The van der Waals surface area contributed by atoms with Gasteiger partial charge in [-0.05, 0) is 37.0 Å². The second kappa shape index (κ2) is 5.39. The molecular formula is C15H19N3S. The summed E-state index contributed by atoms with van der Waals surface area (Å²) in [5, 5.41) is 7.75. The maximum absolute atomic E-state index is 4.20. The Morgan fingerprint density at radius 2 is 2.26 bits per heavy atom. The van der Waals surface area contributed by atoms with Crippen molar-refractivity contribution in [1.82, 2.24) is 15.1 Å². The second-order valence-electron chi connectivity index (χ2n) is 5.21. The fourth-order valence-electron chi connectivity index (χ4n) is 2.06. The number of rotatable bonds is 5. The van der Waals surface area contributed by atoms with Crippen molar-refractivity contribution in [3.8, 4) is 0 Å². The molecule has 1 N–H and O–H groups in total. The van der Waals surface area contributed by atoms with Crippen molar-refractivity contribution in [2.24, 2.45) is 7.05 Å². The minimum absolute atomic E-state index is 0.768. The Kier molecular flexibility index (Phi) is 3.62. The van der Waals surface area contributed by atoms with Crippen molar-refractivity contribution in [1.29, 1.82) is 0 Å². The molecule has 19 heavy (non-hydrogen) atoms. The molecule has 3 rings (SSSR count). The van der Waals surface area contributed by atoms with Gasteiger partial charge in [0.2, 0.25) is 0 Å². The standard InChI is InChI=1S/C15H19N3S/c1-11-7-12(8-16-13-4-5-13)3-6-15(11)19-14-9-17-18(2)10-14/h3,6-7,9-10,13,16H,4-5,8H2,1-2H3. The predicted octanol–water partition coefficient (Wildman–Crippen LogP) is 3.13. The molecule has 0 unspecified atom stereocenters. The van der Waals surface area contributed by atoms with E-state index in [1.165, 1.54) is 33.8 Å². The fraction of sp³-hybridized carbons (Fsp3) is 0.400. The van der Waals surface area contributed by atoms with Gasteiger partial charge >= 0.3 is 0 Å². The molecule has 1 saturated carbocycles. The van der Waals surface area contributed by atoms with Crippen LogP contribution in [0.1, 0.15) is 24.0 Å². The molecule has 1 aliphatic rings. The molecular weight excluding hydrogens is 254 g/mol. The highest BCUT2D eigenvalue weighted by Crippen LogP contribution is 2.30. The Labute approximate surface area is 118 Å². The van der Waals surface area contributed by atoms with Crippen LogP contribution in [0.15, 0.2) is 40.4 Å². The summed E-state index contributed by atoms with van der Waals surface area (Å²) in [4.78, 5) is 2.50. The zero-order valence-electron chi connectivity index (χ0n) is 11.4. The summed E-state index contributed by atoms with van der Waals surface area (Å²) in [6, 6.07) is 7.50. The first kappa shape index (κ1) is 12.8. The summed E-state index contributed by atoms with van der Waals surface area (Å²) in [5.74, 6) is 0. The minimum Gasteiger partial charge on any atom is -0.310 e. The third-order valence-electron chi connectivity index (χ3n) is 3.32. The molecule has 100 valence electrons. The van der Waals surface area contributed by atoms with Gasteiger partial charge in [0.15, 0.2) is 0 Å². The Morgan fingerprint density at radius 1 is 1.42 bits per heavy atom. The maximum Gasteiger partial charge on any atom is 0.0629 e. The van der Waals surface area contributed by atoms with Crippen molar-refractivity contribution in [2.75, 3.05) is 0 Å². The lowest BCUT2D eigenvalue weighted by atomic mass is 10.1. The molecule has 3 nitrogen and oxygen atoms in total. The molecule has 1 heterocycles. The third-order valence-corrected chi connectivity index (χ3v) is 4.45. The van der Waals surface area contributed by atoms with Crippen LogP contribution in [0, 0.1) is 6.92 Å². The summed E-state index contributed by atoms with van der Waals surface area (Å²) < 4.78 is 1.84. The van der Waals surface area contributed by atoms with E-state index >= 15 is 0 Å². The predicted molar refractivity (Wildman–Crippen MR) is 78.4 cm³/mol. The third kappa shape index (κ3) is 3.39. The van der Waals surface area contributed by atoms with E-state index in [0.29, 0.717) is 0 Å². The first-order valence-electron chi connectivity index (χ1n) is 6.70. The largest absolute Gasteiger partial charge is 0.310 e. The van der Waals surface area contributed by atoms with E-state index in [1.54, 1.807) is 11.8 Å². The average molecular weight is 273 g/mol. The molecule has 0 amide bonds. The van der Waals surface area contributed by atoms with Crippen molar-refractivity contribution >= 4 is 11.8 Å². The first-order valence-corrected chi connectivity index (χ1v) is 7.52. The quantitative estimate of drug-likeness (QED) is 0.907. The summed E-state index contributed by atoms with van der Waals surface area (Å²) >= 11 is 1.78. The van der Waals surface area contributed by atoms with E-state index in [2.05, 4.69) is 35.5 Å². The number of nitrogens with one attached hydrogen (secondary N) is 1. The monoisotopic (exact) mass is 273 g/mol. The van der Waals surface area contributed by atoms with E-state index in [-0.39, 0.29) is 0 Å². The van der Waals surface area contributed by atoms with Crippen LogP contribution < -0.4 is 5.32 Å². The van der Waals surface area contributed by atoms with Gasteiger partial charge in [-0.15, -0.1) is 0 Å². The molecule has 1 aliphatic carbocycles. The molecule has 1 aromatic carbocycles. The molecule has 1 fully saturated rings. The van der Waals surface area contributed by atoms with Gasteiger partial charge in [0.05, 0.1) is 11.1 Å². The van der Waals surface area contributed by atoms with Gasteiger partial charge in [-0.1, -0.05) is 23.9 Å². The summed E-state index contributed by atoms with van der Waals surface area (Å²) in [5.41, 5.74) is 2.71. The molecule has 0 atom stereocenters. The van der Waals surface area contributed by atoms with Crippen LogP contribution >= 0.6 is 11.8 Å². The Bertz CT molecular complexity index is 573. The van der Waals surface area contributed by atoms with Gasteiger partial charge in [0.1, 0.15) is 0 Å². The fourth-order valence-corrected chi connectivity index (χ4v) is 2.98. The molecule has 2 aromatic rings. The summed E-state index contributed by atoms with van der Waals surface area (Å²) in [6.45, 7) is 3.17. The lowest BCUT2D eigenvalue weighted by Crippen LogP contribution is -2.15. The molecule has 0 radical (unpaired) electrons. The lowest BCUT2D eigenvalue weighted by molar-refractivity contribution is 0.687.